The first-order valence-electron chi connectivity index (χ1n) is 8.05. The maximum Gasteiger partial charge on any atom is 0.254 e. The van der Waals surface area contributed by atoms with Crippen LogP contribution < -0.4 is 10.6 Å². The predicted molar refractivity (Wildman–Crippen MR) is 86.1 cm³/mol. The van der Waals surface area contributed by atoms with Crippen molar-refractivity contribution in [3.8, 4) is 0 Å². The number of anilines is 1. The van der Waals surface area contributed by atoms with E-state index >= 15 is 0 Å². The third-order valence-corrected chi connectivity index (χ3v) is 3.82. The average molecular weight is 312 g/mol. The van der Waals surface area contributed by atoms with Crippen LogP contribution in [0.15, 0.2) is 12.1 Å². The second kappa shape index (κ2) is 9.38. The van der Waals surface area contributed by atoms with Gasteiger partial charge in [-0.05, 0) is 25.5 Å². The van der Waals surface area contributed by atoms with Crippen molar-refractivity contribution >= 4 is 11.6 Å². The van der Waals surface area contributed by atoms with Gasteiger partial charge in [-0.3, -0.25) is 4.79 Å². The minimum absolute atomic E-state index is 0.242. The molecule has 1 aromatic rings. The third-order valence-electron chi connectivity index (χ3n) is 3.82. The molecular formula is C17H26F2N2O. The van der Waals surface area contributed by atoms with Crippen LogP contribution >= 0.6 is 0 Å². The normalized spacial score (nSPS) is 10.7. The summed E-state index contributed by atoms with van der Waals surface area (Å²) in [6.07, 6.45) is 6.87. The fourth-order valence-electron chi connectivity index (χ4n) is 2.54. The van der Waals surface area contributed by atoms with Crippen LogP contribution in [-0.2, 0) is 0 Å². The lowest BCUT2D eigenvalue weighted by Gasteiger charge is -2.24. The number of hydrogen-bond donors (Lipinski definition) is 1. The van der Waals surface area contributed by atoms with Gasteiger partial charge in [0.05, 0.1) is 5.69 Å². The lowest BCUT2D eigenvalue weighted by atomic mass is 10.1. The van der Waals surface area contributed by atoms with E-state index in [2.05, 4.69) is 6.92 Å². The molecule has 0 fully saturated rings. The van der Waals surface area contributed by atoms with Crippen molar-refractivity contribution in [1.82, 2.24) is 0 Å². The quantitative estimate of drug-likeness (QED) is 0.656. The molecule has 0 unspecified atom stereocenters. The second-order valence-electron chi connectivity index (χ2n) is 5.47. The van der Waals surface area contributed by atoms with Crippen molar-refractivity contribution < 1.29 is 13.6 Å². The minimum Gasteiger partial charge on any atom is -0.369 e. The smallest absolute Gasteiger partial charge is 0.254 e. The first-order valence-corrected chi connectivity index (χ1v) is 8.05. The van der Waals surface area contributed by atoms with Crippen LogP contribution in [0.3, 0.4) is 0 Å². The van der Waals surface area contributed by atoms with Gasteiger partial charge in [-0.1, -0.05) is 39.0 Å². The van der Waals surface area contributed by atoms with E-state index in [1.54, 1.807) is 0 Å². The molecule has 0 aliphatic heterocycles. The Morgan fingerprint density at radius 1 is 1.09 bits per heavy atom. The number of nitrogens with zero attached hydrogens (tertiary/aromatic N) is 1. The lowest BCUT2D eigenvalue weighted by molar-refractivity contribution is 0.0992. The van der Waals surface area contributed by atoms with E-state index in [0.717, 1.165) is 18.9 Å². The number of rotatable bonds is 10. The molecule has 0 saturated carbocycles. The van der Waals surface area contributed by atoms with Gasteiger partial charge in [-0.15, -0.1) is 0 Å². The summed E-state index contributed by atoms with van der Waals surface area (Å²) >= 11 is 0. The summed E-state index contributed by atoms with van der Waals surface area (Å²) in [7, 11) is 0. The molecule has 1 amide bonds. The van der Waals surface area contributed by atoms with Gasteiger partial charge in [0, 0.05) is 13.1 Å². The minimum atomic E-state index is -1.08. The Kier molecular flexibility index (Phi) is 7.85. The molecule has 3 nitrogen and oxygen atoms in total. The summed E-state index contributed by atoms with van der Waals surface area (Å²) in [5.41, 5.74) is 4.64. The summed E-state index contributed by atoms with van der Waals surface area (Å²) in [5.74, 6) is -2.85. The van der Waals surface area contributed by atoms with E-state index in [-0.39, 0.29) is 5.69 Å². The number of primary amides is 1. The number of unbranched alkanes of at least 4 members (excludes halogenated alkanes) is 5. The lowest BCUT2D eigenvalue weighted by Crippen LogP contribution is -2.26. The molecule has 5 heteroatoms. The number of halogens is 2. The standard InChI is InChI=1S/C17H26F2N2O/c1-3-5-6-7-8-9-12-21(4-2)14-11-10-13(18)15(16(14)19)17(20)22/h10-11H,3-9,12H2,1-2H3,(H2,20,22). The van der Waals surface area contributed by atoms with Crippen LogP contribution in [0.5, 0.6) is 0 Å². The predicted octanol–water partition coefficient (Wildman–Crippen LogP) is 4.25. The highest BCUT2D eigenvalue weighted by molar-refractivity contribution is 5.94. The maximum absolute atomic E-state index is 14.3. The Morgan fingerprint density at radius 2 is 1.73 bits per heavy atom. The Labute approximate surface area is 131 Å². The van der Waals surface area contributed by atoms with E-state index in [1.165, 1.54) is 31.7 Å². The van der Waals surface area contributed by atoms with Crippen molar-refractivity contribution in [2.24, 2.45) is 5.73 Å². The molecule has 124 valence electrons. The van der Waals surface area contributed by atoms with Gasteiger partial charge in [0.25, 0.3) is 5.91 Å². The Bertz CT molecular complexity index is 492. The Hall–Kier alpha value is -1.65. The van der Waals surface area contributed by atoms with Crippen molar-refractivity contribution in [2.45, 2.75) is 52.4 Å². The van der Waals surface area contributed by atoms with Crippen LogP contribution in [0.1, 0.15) is 62.7 Å². The van der Waals surface area contributed by atoms with Gasteiger partial charge in [0.2, 0.25) is 0 Å². The molecule has 0 atom stereocenters. The van der Waals surface area contributed by atoms with Crippen LogP contribution in [0, 0.1) is 11.6 Å². The highest BCUT2D eigenvalue weighted by Crippen LogP contribution is 2.25. The Morgan fingerprint density at radius 3 is 2.32 bits per heavy atom. The SMILES string of the molecule is CCCCCCCCN(CC)c1ccc(F)c(C(N)=O)c1F. The molecular weight excluding hydrogens is 286 g/mol. The number of benzene rings is 1. The van der Waals surface area contributed by atoms with Crippen LogP contribution in [0.2, 0.25) is 0 Å². The van der Waals surface area contributed by atoms with E-state index in [1.807, 2.05) is 11.8 Å². The van der Waals surface area contributed by atoms with Crippen molar-refractivity contribution in [3.05, 3.63) is 29.3 Å². The highest BCUT2D eigenvalue weighted by atomic mass is 19.1. The molecule has 0 radical (unpaired) electrons. The number of carbonyl (C=O) groups excluding carboxylic acids is 1. The Balaban J connectivity index is 2.71. The molecule has 0 bridgehead atoms. The average Bonchev–Trinajstić information content (AvgIpc) is 2.47. The van der Waals surface area contributed by atoms with Crippen molar-refractivity contribution in [2.75, 3.05) is 18.0 Å². The topological polar surface area (TPSA) is 46.3 Å². The fraction of sp³-hybridized carbons (Fsp3) is 0.588. The molecule has 0 heterocycles. The largest absolute Gasteiger partial charge is 0.369 e. The summed E-state index contributed by atoms with van der Waals surface area (Å²) in [6.45, 7) is 5.36. The fourth-order valence-corrected chi connectivity index (χ4v) is 2.54. The maximum atomic E-state index is 14.3. The number of amides is 1. The molecule has 0 aliphatic rings. The summed E-state index contributed by atoms with van der Waals surface area (Å²) in [5, 5.41) is 0. The zero-order valence-corrected chi connectivity index (χ0v) is 13.5. The van der Waals surface area contributed by atoms with Crippen LogP contribution in [0.25, 0.3) is 0 Å². The molecule has 1 aromatic carbocycles. The second-order valence-corrected chi connectivity index (χ2v) is 5.47. The summed E-state index contributed by atoms with van der Waals surface area (Å²) in [6, 6.07) is 2.47. The molecule has 0 aromatic heterocycles. The van der Waals surface area contributed by atoms with E-state index < -0.39 is 23.1 Å². The van der Waals surface area contributed by atoms with E-state index in [0.29, 0.717) is 13.1 Å². The molecule has 0 spiro atoms. The van der Waals surface area contributed by atoms with Crippen LogP contribution in [-0.4, -0.2) is 19.0 Å². The third kappa shape index (κ3) is 4.97. The van der Waals surface area contributed by atoms with Gasteiger partial charge in [-0.2, -0.15) is 0 Å². The van der Waals surface area contributed by atoms with Gasteiger partial charge < -0.3 is 10.6 Å². The molecule has 22 heavy (non-hydrogen) atoms. The summed E-state index contributed by atoms with van der Waals surface area (Å²) in [4.78, 5) is 13.0. The van der Waals surface area contributed by atoms with E-state index in [9.17, 15) is 13.6 Å². The zero-order valence-electron chi connectivity index (χ0n) is 13.5. The summed E-state index contributed by atoms with van der Waals surface area (Å²) < 4.78 is 27.8. The monoisotopic (exact) mass is 312 g/mol. The number of hydrogen-bond acceptors (Lipinski definition) is 2. The molecule has 2 N–H and O–H groups in total. The molecule has 0 saturated heterocycles. The first kappa shape index (κ1) is 18.4. The van der Waals surface area contributed by atoms with Gasteiger partial charge in [-0.25, -0.2) is 8.78 Å². The van der Waals surface area contributed by atoms with Crippen molar-refractivity contribution in [1.29, 1.82) is 0 Å². The van der Waals surface area contributed by atoms with Gasteiger partial charge >= 0.3 is 0 Å². The number of nitrogens with two attached hydrogens (primary N) is 1. The van der Waals surface area contributed by atoms with Crippen molar-refractivity contribution in [3.63, 3.8) is 0 Å². The van der Waals surface area contributed by atoms with Gasteiger partial charge in [0.15, 0.2) is 5.82 Å². The molecule has 0 aliphatic carbocycles. The van der Waals surface area contributed by atoms with Gasteiger partial charge in [0.1, 0.15) is 11.4 Å². The first-order chi connectivity index (χ1) is 10.5. The highest BCUT2D eigenvalue weighted by Gasteiger charge is 2.20. The van der Waals surface area contributed by atoms with E-state index in [4.69, 9.17) is 5.73 Å². The molecule has 1 rings (SSSR count). The van der Waals surface area contributed by atoms with Crippen LogP contribution in [0.4, 0.5) is 14.5 Å². The zero-order chi connectivity index (χ0) is 16.5. The number of carbonyl (C=O) groups is 1.